The third kappa shape index (κ3) is 4.27. The van der Waals surface area contributed by atoms with Crippen LogP contribution < -0.4 is 9.47 Å². The molecule has 0 atom stereocenters. The average molecular weight is 550 g/mol. The Morgan fingerprint density at radius 3 is 2.43 bits per heavy atom. The maximum Gasteiger partial charge on any atom is 0.293 e. The number of amides is 2. The van der Waals surface area contributed by atoms with Crippen LogP contribution >= 0.6 is 57.6 Å². The lowest BCUT2D eigenvalue weighted by molar-refractivity contribution is -0.123. The first-order chi connectivity index (χ1) is 13.3. The Morgan fingerprint density at radius 1 is 1.14 bits per heavy atom. The van der Waals surface area contributed by atoms with Gasteiger partial charge < -0.3 is 9.47 Å². The van der Waals surface area contributed by atoms with Gasteiger partial charge in [0.2, 0.25) is 0 Å². The van der Waals surface area contributed by atoms with Crippen LogP contribution in [0.1, 0.15) is 11.1 Å². The molecular formula is C19H14Cl2INO4S. The Balaban J connectivity index is 1.90. The second kappa shape index (κ2) is 8.94. The zero-order valence-electron chi connectivity index (χ0n) is 14.8. The molecule has 28 heavy (non-hydrogen) atoms. The predicted molar refractivity (Wildman–Crippen MR) is 120 cm³/mol. The summed E-state index contributed by atoms with van der Waals surface area (Å²) in [6.07, 6.45) is 1.66. The van der Waals surface area contributed by atoms with E-state index in [1.165, 1.54) is 0 Å². The molecule has 146 valence electrons. The summed E-state index contributed by atoms with van der Waals surface area (Å²) in [5.41, 5.74) is 1.26. The van der Waals surface area contributed by atoms with Crippen molar-refractivity contribution in [2.24, 2.45) is 0 Å². The van der Waals surface area contributed by atoms with Crippen LogP contribution in [0.15, 0.2) is 35.2 Å². The van der Waals surface area contributed by atoms with Gasteiger partial charge in [0.05, 0.1) is 29.2 Å². The van der Waals surface area contributed by atoms with Gasteiger partial charge in [0.1, 0.15) is 0 Å². The number of ether oxygens (including phenoxy) is 2. The van der Waals surface area contributed by atoms with Crippen LogP contribution in [0, 0.1) is 3.57 Å². The summed E-state index contributed by atoms with van der Waals surface area (Å²) in [6, 6.07) is 8.65. The molecule has 0 saturated carbocycles. The van der Waals surface area contributed by atoms with Crippen molar-refractivity contribution in [3.8, 4) is 11.5 Å². The highest BCUT2D eigenvalue weighted by molar-refractivity contribution is 14.1. The van der Waals surface area contributed by atoms with E-state index in [-0.39, 0.29) is 11.8 Å². The minimum absolute atomic E-state index is 0.0178. The lowest BCUT2D eigenvalue weighted by Crippen LogP contribution is -2.27. The number of imide groups is 1. The van der Waals surface area contributed by atoms with Gasteiger partial charge in [-0.05, 0) is 70.3 Å². The van der Waals surface area contributed by atoms with Gasteiger partial charge in [-0.15, -0.1) is 0 Å². The summed E-state index contributed by atoms with van der Waals surface area (Å²) in [5, 5.41) is 0.442. The summed E-state index contributed by atoms with van der Waals surface area (Å²) in [6.45, 7) is 0.0178. The van der Waals surface area contributed by atoms with E-state index >= 15 is 0 Å². The third-order valence-corrected chi connectivity index (χ3v) is 6.42. The van der Waals surface area contributed by atoms with Crippen LogP contribution in [0.5, 0.6) is 11.5 Å². The van der Waals surface area contributed by atoms with Gasteiger partial charge in [-0.2, -0.15) is 0 Å². The Labute approximate surface area is 190 Å². The van der Waals surface area contributed by atoms with E-state index in [1.54, 1.807) is 44.6 Å². The van der Waals surface area contributed by atoms with Gasteiger partial charge in [-0.1, -0.05) is 29.3 Å². The molecule has 2 aromatic carbocycles. The quantitative estimate of drug-likeness (QED) is 0.346. The van der Waals surface area contributed by atoms with Crippen molar-refractivity contribution in [1.29, 1.82) is 0 Å². The van der Waals surface area contributed by atoms with Crippen molar-refractivity contribution in [3.63, 3.8) is 0 Å². The lowest BCUT2D eigenvalue weighted by Gasteiger charge is -2.14. The van der Waals surface area contributed by atoms with E-state index in [1.807, 2.05) is 6.07 Å². The van der Waals surface area contributed by atoms with Crippen molar-refractivity contribution < 1.29 is 19.1 Å². The molecule has 1 aliphatic rings. The van der Waals surface area contributed by atoms with Crippen molar-refractivity contribution in [2.75, 3.05) is 14.2 Å². The SMILES string of the molecule is COc1cc(/C=C2\SC(=O)N(Cc3c(Cl)cccc3Cl)C2=O)cc(I)c1OC. The number of methoxy groups -OCH3 is 2. The molecule has 0 aliphatic carbocycles. The molecule has 2 aromatic rings. The van der Waals surface area contributed by atoms with Crippen LogP contribution in [0.4, 0.5) is 4.79 Å². The molecular weight excluding hydrogens is 536 g/mol. The lowest BCUT2D eigenvalue weighted by atomic mass is 10.1. The smallest absolute Gasteiger partial charge is 0.293 e. The van der Waals surface area contributed by atoms with Gasteiger partial charge in [0, 0.05) is 15.6 Å². The van der Waals surface area contributed by atoms with E-state index in [0.29, 0.717) is 32.0 Å². The largest absolute Gasteiger partial charge is 0.493 e. The Morgan fingerprint density at radius 2 is 1.82 bits per heavy atom. The highest BCUT2D eigenvalue weighted by atomic mass is 127. The standard InChI is InChI=1S/C19H14Cl2INO4S/c1-26-15-7-10(6-14(22)17(15)27-2)8-16-18(24)23(19(25)28-16)9-11-12(20)4-3-5-13(11)21/h3-8H,9H2,1-2H3/b16-8-. The van der Waals surface area contributed by atoms with Gasteiger partial charge in [-0.3, -0.25) is 14.5 Å². The second-order valence-electron chi connectivity index (χ2n) is 5.71. The van der Waals surface area contributed by atoms with Gasteiger partial charge in [0.15, 0.2) is 11.5 Å². The Kier molecular flexibility index (Phi) is 6.80. The number of thioether (sulfide) groups is 1. The summed E-state index contributed by atoms with van der Waals surface area (Å²) in [5.74, 6) is 0.764. The van der Waals surface area contributed by atoms with E-state index in [0.717, 1.165) is 25.8 Å². The van der Waals surface area contributed by atoms with Crippen LogP contribution in [0.3, 0.4) is 0 Å². The van der Waals surface area contributed by atoms with E-state index in [2.05, 4.69) is 22.6 Å². The molecule has 1 heterocycles. The number of carbonyl (C=O) groups is 2. The number of rotatable bonds is 5. The number of benzene rings is 2. The molecule has 5 nitrogen and oxygen atoms in total. The maximum absolute atomic E-state index is 12.8. The van der Waals surface area contributed by atoms with Crippen molar-refractivity contribution in [3.05, 3.63) is 60.0 Å². The van der Waals surface area contributed by atoms with Crippen LogP contribution in [-0.4, -0.2) is 30.3 Å². The first-order valence-corrected chi connectivity index (χ1v) is 10.6. The second-order valence-corrected chi connectivity index (χ2v) is 8.68. The minimum Gasteiger partial charge on any atom is -0.493 e. The number of nitrogens with zero attached hydrogens (tertiary/aromatic N) is 1. The summed E-state index contributed by atoms with van der Waals surface area (Å²) in [7, 11) is 3.10. The predicted octanol–water partition coefficient (Wildman–Crippen LogP) is 5.85. The van der Waals surface area contributed by atoms with Crippen LogP contribution in [0.25, 0.3) is 6.08 Å². The first kappa shape index (κ1) is 21.3. The fraction of sp³-hybridized carbons (Fsp3) is 0.158. The molecule has 9 heteroatoms. The highest BCUT2D eigenvalue weighted by Crippen LogP contribution is 2.38. The molecule has 0 spiro atoms. The Bertz CT molecular complexity index is 976. The zero-order valence-corrected chi connectivity index (χ0v) is 19.3. The summed E-state index contributed by atoms with van der Waals surface area (Å²) >= 11 is 15.3. The number of halogens is 3. The topological polar surface area (TPSA) is 55.8 Å². The van der Waals surface area contributed by atoms with Crippen LogP contribution in [-0.2, 0) is 11.3 Å². The molecule has 0 aromatic heterocycles. The molecule has 1 fully saturated rings. The van der Waals surface area contributed by atoms with E-state index in [4.69, 9.17) is 32.7 Å². The zero-order chi connectivity index (χ0) is 20.4. The molecule has 2 amide bonds. The summed E-state index contributed by atoms with van der Waals surface area (Å²) < 4.78 is 11.5. The van der Waals surface area contributed by atoms with Gasteiger partial charge >= 0.3 is 0 Å². The Hall–Kier alpha value is -1.42. The fourth-order valence-corrected chi connectivity index (χ4v) is 4.85. The maximum atomic E-state index is 12.8. The van der Waals surface area contributed by atoms with Crippen molar-refractivity contribution in [1.82, 2.24) is 4.90 Å². The molecule has 1 aliphatic heterocycles. The number of hydrogen-bond acceptors (Lipinski definition) is 5. The molecule has 0 N–H and O–H groups in total. The average Bonchev–Trinajstić information content (AvgIpc) is 2.91. The van der Waals surface area contributed by atoms with Crippen molar-refractivity contribution in [2.45, 2.75) is 6.54 Å². The fourth-order valence-electron chi connectivity index (χ4n) is 2.65. The third-order valence-electron chi connectivity index (χ3n) is 4.01. The van der Waals surface area contributed by atoms with Gasteiger partial charge in [0.25, 0.3) is 11.1 Å². The molecule has 1 saturated heterocycles. The highest BCUT2D eigenvalue weighted by Gasteiger charge is 2.35. The number of hydrogen-bond donors (Lipinski definition) is 0. The summed E-state index contributed by atoms with van der Waals surface area (Å²) in [4.78, 5) is 26.6. The van der Waals surface area contributed by atoms with Crippen LogP contribution in [0.2, 0.25) is 10.0 Å². The van der Waals surface area contributed by atoms with E-state index < -0.39 is 5.91 Å². The molecule has 0 bridgehead atoms. The normalized spacial score (nSPS) is 15.5. The monoisotopic (exact) mass is 549 g/mol. The first-order valence-electron chi connectivity index (χ1n) is 7.95. The van der Waals surface area contributed by atoms with Gasteiger partial charge in [-0.25, -0.2) is 0 Å². The van der Waals surface area contributed by atoms with E-state index in [9.17, 15) is 9.59 Å². The molecule has 0 unspecified atom stereocenters. The minimum atomic E-state index is -0.393. The van der Waals surface area contributed by atoms with Crippen molar-refractivity contribution >= 4 is 74.8 Å². The molecule has 0 radical (unpaired) electrons. The molecule has 3 rings (SSSR count). The number of carbonyl (C=O) groups excluding carboxylic acids is 2.